The minimum absolute atomic E-state index is 0.290. The number of hydrogen-bond acceptors (Lipinski definition) is 4. The average Bonchev–Trinajstić information content (AvgIpc) is 3.20. The van der Waals surface area contributed by atoms with Gasteiger partial charge in [0.2, 0.25) is 0 Å². The standard InChI is InChI=1S/C50H100N2O4/c1-3-5-7-9-11-13-15-17-19-21-23-25-27-29-31-33-35-39-43-47-55-49(53)51-45-41-37-38-42-46-52-50(54)56-48-44-40-36-34-32-30-28-26-24-22-20-18-16-14-12-10-8-6-4-2/h3-48H2,1-2H3,(H,51,53)(H,52,54). The fourth-order valence-corrected chi connectivity index (χ4v) is 7.78. The van der Waals surface area contributed by atoms with Gasteiger partial charge in [0.1, 0.15) is 0 Å². The lowest BCUT2D eigenvalue weighted by molar-refractivity contribution is 0.142. The molecule has 6 heteroatoms. The largest absolute Gasteiger partial charge is 0.450 e. The van der Waals surface area contributed by atoms with Crippen molar-refractivity contribution in [1.29, 1.82) is 0 Å². The molecule has 0 aliphatic heterocycles. The maximum Gasteiger partial charge on any atom is 0.407 e. The lowest BCUT2D eigenvalue weighted by Gasteiger charge is -2.08. The van der Waals surface area contributed by atoms with Crippen LogP contribution >= 0.6 is 0 Å². The summed E-state index contributed by atoms with van der Waals surface area (Å²) >= 11 is 0. The third kappa shape index (κ3) is 48.7. The minimum Gasteiger partial charge on any atom is -0.450 e. The van der Waals surface area contributed by atoms with Gasteiger partial charge in [-0.25, -0.2) is 9.59 Å². The van der Waals surface area contributed by atoms with Crippen LogP contribution in [0.2, 0.25) is 0 Å². The van der Waals surface area contributed by atoms with Crippen LogP contribution in [0.25, 0.3) is 0 Å². The molecule has 0 aromatic heterocycles. The van der Waals surface area contributed by atoms with Gasteiger partial charge in [-0.05, 0) is 25.7 Å². The lowest BCUT2D eigenvalue weighted by Crippen LogP contribution is -2.26. The number of carbonyl (C=O) groups is 2. The second kappa shape index (κ2) is 49.7. The zero-order valence-corrected chi connectivity index (χ0v) is 38.2. The van der Waals surface area contributed by atoms with Gasteiger partial charge in [-0.3, -0.25) is 0 Å². The molecule has 0 bridgehead atoms. The third-order valence-corrected chi connectivity index (χ3v) is 11.6. The van der Waals surface area contributed by atoms with Gasteiger partial charge in [-0.2, -0.15) is 0 Å². The molecular weight excluding hydrogens is 693 g/mol. The van der Waals surface area contributed by atoms with Crippen molar-refractivity contribution in [1.82, 2.24) is 10.6 Å². The van der Waals surface area contributed by atoms with E-state index in [1.165, 1.54) is 218 Å². The van der Waals surface area contributed by atoms with E-state index in [1.54, 1.807) is 0 Å². The van der Waals surface area contributed by atoms with Crippen LogP contribution in [0.5, 0.6) is 0 Å². The predicted octanol–water partition coefficient (Wildman–Crippen LogP) is 16.9. The molecule has 0 radical (unpaired) electrons. The molecule has 0 aliphatic carbocycles. The zero-order chi connectivity index (χ0) is 40.5. The Morgan fingerprint density at radius 1 is 0.268 bits per heavy atom. The number of rotatable bonds is 47. The first-order valence-corrected chi connectivity index (χ1v) is 25.5. The van der Waals surface area contributed by atoms with Crippen molar-refractivity contribution in [2.24, 2.45) is 0 Å². The highest BCUT2D eigenvalue weighted by Crippen LogP contribution is 2.16. The molecule has 0 aliphatic rings. The van der Waals surface area contributed by atoms with Crippen LogP contribution in [0.3, 0.4) is 0 Å². The SMILES string of the molecule is CCCCCCCCCCCCCCCCCCCCCOC(=O)NCCCCCCNC(=O)OCCCCCCCCCCCCCCCCCCCCC. The van der Waals surface area contributed by atoms with Crippen LogP contribution in [-0.4, -0.2) is 38.5 Å². The summed E-state index contributed by atoms with van der Waals surface area (Å²) in [5, 5.41) is 5.74. The molecule has 0 unspecified atom stereocenters. The zero-order valence-electron chi connectivity index (χ0n) is 38.2. The normalized spacial score (nSPS) is 11.2. The van der Waals surface area contributed by atoms with E-state index < -0.39 is 0 Å². The molecule has 0 aromatic rings. The van der Waals surface area contributed by atoms with Crippen LogP contribution in [0.1, 0.15) is 284 Å². The number of unbranched alkanes of at least 4 members (excludes halogenated alkanes) is 39. The number of alkyl carbamates (subject to hydrolysis) is 2. The third-order valence-electron chi connectivity index (χ3n) is 11.6. The first-order valence-electron chi connectivity index (χ1n) is 25.5. The summed E-state index contributed by atoms with van der Waals surface area (Å²) in [7, 11) is 0. The highest BCUT2D eigenvalue weighted by Gasteiger charge is 2.03. The molecule has 2 N–H and O–H groups in total. The van der Waals surface area contributed by atoms with Crippen molar-refractivity contribution in [3.05, 3.63) is 0 Å². The van der Waals surface area contributed by atoms with Crippen molar-refractivity contribution in [2.75, 3.05) is 26.3 Å². The molecule has 334 valence electrons. The fraction of sp³-hybridized carbons (Fsp3) is 0.960. The Balaban J connectivity index is 3.23. The van der Waals surface area contributed by atoms with Gasteiger partial charge in [0.15, 0.2) is 0 Å². The van der Waals surface area contributed by atoms with E-state index >= 15 is 0 Å². The second-order valence-corrected chi connectivity index (χ2v) is 17.3. The van der Waals surface area contributed by atoms with Crippen molar-refractivity contribution in [3.63, 3.8) is 0 Å². The molecule has 0 saturated carbocycles. The topological polar surface area (TPSA) is 76.7 Å². The number of hydrogen-bond donors (Lipinski definition) is 2. The summed E-state index contributed by atoms with van der Waals surface area (Å²) in [6.07, 6.45) is 55.1. The van der Waals surface area contributed by atoms with Gasteiger partial charge in [0.05, 0.1) is 13.2 Å². The molecule has 0 heterocycles. The number of carbonyl (C=O) groups excluding carboxylic acids is 2. The van der Waals surface area contributed by atoms with Crippen molar-refractivity contribution in [3.8, 4) is 0 Å². The summed E-state index contributed by atoms with van der Waals surface area (Å²) in [5.74, 6) is 0. The van der Waals surface area contributed by atoms with E-state index in [1.807, 2.05) is 0 Å². The maximum atomic E-state index is 11.9. The summed E-state index contributed by atoms with van der Waals surface area (Å²) in [4.78, 5) is 23.9. The smallest absolute Gasteiger partial charge is 0.407 e. The first-order chi connectivity index (χ1) is 27.7. The molecule has 0 aromatic carbocycles. The van der Waals surface area contributed by atoms with Crippen molar-refractivity contribution >= 4 is 12.2 Å². The molecular formula is C50H100N2O4. The quantitative estimate of drug-likeness (QED) is 0.0602. The van der Waals surface area contributed by atoms with Gasteiger partial charge in [0.25, 0.3) is 0 Å². The number of nitrogens with one attached hydrogen (secondary N) is 2. The van der Waals surface area contributed by atoms with Crippen molar-refractivity contribution < 1.29 is 19.1 Å². The first kappa shape index (κ1) is 54.5. The van der Waals surface area contributed by atoms with Crippen LogP contribution < -0.4 is 10.6 Å². The molecule has 0 atom stereocenters. The van der Waals surface area contributed by atoms with Gasteiger partial charge in [-0.15, -0.1) is 0 Å². The number of amides is 2. The van der Waals surface area contributed by atoms with Gasteiger partial charge in [-0.1, -0.05) is 258 Å². The summed E-state index contributed by atoms with van der Waals surface area (Å²) in [5.41, 5.74) is 0. The van der Waals surface area contributed by atoms with Crippen LogP contribution in [-0.2, 0) is 9.47 Å². The molecule has 0 fully saturated rings. The molecule has 0 saturated heterocycles. The van der Waals surface area contributed by atoms with E-state index in [2.05, 4.69) is 24.5 Å². The van der Waals surface area contributed by atoms with Gasteiger partial charge >= 0.3 is 12.2 Å². The average molecular weight is 793 g/mol. The Morgan fingerprint density at radius 2 is 0.446 bits per heavy atom. The Bertz CT molecular complexity index is 701. The number of ether oxygens (including phenoxy) is 2. The lowest BCUT2D eigenvalue weighted by atomic mass is 10.0. The molecule has 2 amide bonds. The molecule has 0 spiro atoms. The fourth-order valence-electron chi connectivity index (χ4n) is 7.78. The summed E-state index contributed by atoms with van der Waals surface area (Å²) in [6, 6.07) is 0. The van der Waals surface area contributed by atoms with Crippen molar-refractivity contribution in [2.45, 2.75) is 284 Å². The summed E-state index contributed by atoms with van der Waals surface area (Å²) < 4.78 is 10.7. The molecule has 6 nitrogen and oxygen atoms in total. The minimum atomic E-state index is -0.290. The highest BCUT2D eigenvalue weighted by molar-refractivity contribution is 5.67. The summed E-state index contributed by atoms with van der Waals surface area (Å²) in [6.45, 7) is 6.91. The van der Waals surface area contributed by atoms with Gasteiger partial charge < -0.3 is 20.1 Å². The highest BCUT2D eigenvalue weighted by atomic mass is 16.6. The van der Waals surface area contributed by atoms with E-state index in [4.69, 9.17) is 9.47 Å². The monoisotopic (exact) mass is 793 g/mol. The predicted molar refractivity (Wildman–Crippen MR) is 244 cm³/mol. The Kier molecular flexibility index (Phi) is 48.4. The van der Waals surface area contributed by atoms with E-state index in [-0.39, 0.29) is 12.2 Å². The Morgan fingerprint density at radius 3 is 0.661 bits per heavy atom. The van der Waals surface area contributed by atoms with Crippen LogP contribution in [0.4, 0.5) is 9.59 Å². The Labute approximate surface area is 350 Å². The van der Waals surface area contributed by atoms with E-state index in [9.17, 15) is 9.59 Å². The molecule has 0 rings (SSSR count). The van der Waals surface area contributed by atoms with Crippen LogP contribution in [0, 0.1) is 0 Å². The van der Waals surface area contributed by atoms with Gasteiger partial charge in [0, 0.05) is 13.1 Å². The van der Waals surface area contributed by atoms with Crippen LogP contribution in [0.15, 0.2) is 0 Å². The van der Waals surface area contributed by atoms with E-state index in [0.29, 0.717) is 26.3 Å². The molecule has 56 heavy (non-hydrogen) atoms. The van der Waals surface area contributed by atoms with E-state index in [0.717, 1.165) is 51.4 Å². The maximum absolute atomic E-state index is 11.9. The Hall–Kier alpha value is -1.46. The second-order valence-electron chi connectivity index (χ2n) is 17.3.